The van der Waals surface area contributed by atoms with Crippen LogP contribution in [0.2, 0.25) is 5.02 Å². The van der Waals surface area contributed by atoms with Crippen molar-refractivity contribution in [3.05, 3.63) is 29.0 Å². The molecule has 1 aromatic heterocycles. The average Bonchev–Trinajstić information content (AvgIpc) is 2.17. The molecule has 0 radical (unpaired) electrons. The van der Waals surface area contributed by atoms with Crippen LogP contribution in [-0.4, -0.2) is 16.9 Å². The molecule has 0 spiro atoms. The molecule has 0 fully saturated rings. The minimum atomic E-state index is -0.539. The third-order valence-corrected chi connectivity index (χ3v) is 1.73. The highest BCUT2D eigenvalue weighted by molar-refractivity contribution is 6.30. The van der Waals surface area contributed by atoms with Gasteiger partial charge in [-0.15, -0.1) is 0 Å². The molecule has 0 aromatic carbocycles. The first-order valence-electron chi connectivity index (χ1n) is 3.95. The highest BCUT2D eigenvalue weighted by atomic mass is 35.5. The fourth-order valence-electron chi connectivity index (χ4n) is 0.832. The quantitative estimate of drug-likeness (QED) is 0.800. The number of amides is 1. The van der Waals surface area contributed by atoms with Crippen LogP contribution in [0.15, 0.2) is 18.3 Å². The summed E-state index contributed by atoms with van der Waals surface area (Å²) in [4.78, 5) is 15.2. The summed E-state index contributed by atoms with van der Waals surface area (Å²) in [6, 6.07) is 4.37. The number of rotatable bonds is 2. The van der Waals surface area contributed by atoms with Crippen molar-refractivity contribution in [2.45, 2.75) is 13.0 Å². The number of hydrogen-bond donors (Lipinski definition) is 1. The van der Waals surface area contributed by atoms with E-state index in [9.17, 15) is 4.79 Å². The fourth-order valence-corrected chi connectivity index (χ4v) is 0.991. The summed E-state index contributed by atoms with van der Waals surface area (Å²) in [5.41, 5.74) is 0.208. The van der Waals surface area contributed by atoms with E-state index in [2.05, 4.69) is 10.3 Å². The Labute approximate surface area is 86.5 Å². The van der Waals surface area contributed by atoms with E-state index in [-0.39, 0.29) is 5.69 Å². The van der Waals surface area contributed by atoms with E-state index in [1.807, 2.05) is 6.07 Å². The summed E-state index contributed by atoms with van der Waals surface area (Å²) in [7, 11) is 0. The molecule has 14 heavy (non-hydrogen) atoms. The van der Waals surface area contributed by atoms with Crippen molar-refractivity contribution in [1.29, 1.82) is 5.26 Å². The van der Waals surface area contributed by atoms with Crippen LogP contribution in [0.25, 0.3) is 0 Å². The van der Waals surface area contributed by atoms with E-state index >= 15 is 0 Å². The van der Waals surface area contributed by atoms with Crippen LogP contribution >= 0.6 is 11.6 Å². The number of pyridine rings is 1. The van der Waals surface area contributed by atoms with Crippen molar-refractivity contribution in [2.24, 2.45) is 0 Å². The normalized spacial score (nSPS) is 11.5. The first-order chi connectivity index (χ1) is 6.63. The van der Waals surface area contributed by atoms with Crippen LogP contribution in [0.1, 0.15) is 17.4 Å². The van der Waals surface area contributed by atoms with Crippen LogP contribution in [-0.2, 0) is 0 Å². The maximum absolute atomic E-state index is 11.4. The molecule has 1 rings (SSSR count). The Morgan fingerprint density at radius 2 is 2.50 bits per heavy atom. The summed E-state index contributed by atoms with van der Waals surface area (Å²) >= 11 is 5.67. The molecular weight excluding hydrogens is 202 g/mol. The van der Waals surface area contributed by atoms with E-state index in [0.29, 0.717) is 5.02 Å². The Morgan fingerprint density at radius 3 is 3.07 bits per heavy atom. The van der Waals surface area contributed by atoms with Gasteiger partial charge in [0.1, 0.15) is 11.7 Å². The van der Waals surface area contributed by atoms with Gasteiger partial charge in [0.15, 0.2) is 0 Å². The molecule has 0 bridgehead atoms. The van der Waals surface area contributed by atoms with Gasteiger partial charge in [0.05, 0.1) is 6.07 Å². The number of aromatic nitrogens is 1. The van der Waals surface area contributed by atoms with Gasteiger partial charge in [-0.05, 0) is 19.1 Å². The van der Waals surface area contributed by atoms with E-state index in [1.165, 1.54) is 12.3 Å². The number of carbonyl (C=O) groups is 1. The van der Waals surface area contributed by atoms with Crippen LogP contribution < -0.4 is 5.32 Å². The van der Waals surface area contributed by atoms with Gasteiger partial charge < -0.3 is 5.32 Å². The highest BCUT2D eigenvalue weighted by Crippen LogP contribution is 2.07. The molecule has 1 heterocycles. The van der Waals surface area contributed by atoms with E-state index in [0.717, 1.165) is 0 Å². The standard InChI is InChI=1S/C9H8ClN3O/c1-6(5-11)13-9(14)8-4-7(10)2-3-12-8/h2-4,6H,1H3,(H,13,14). The molecule has 1 aromatic rings. The molecule has 4 nitrogen and oxygen atoms in total. The molecule has 0 aliphatic carbocycles. The third-order valence-electron chi connectivity index (χ3n) is 1.50. The monoisotopic (exact) mass is 209 g/mol. The van der Waals surface area contributed by atoms with Gasteiger partial charge in [-0.3, -0.25) is 9.78 Å². The van der Waals surface area contributed by atoms with Gasteiger partial charge in [0.25, 0.3) is 5.91 Å². The average molecular weight is 210 g/mol. The van der Waals surface area contributed by atoms with Gasteiger partial charge in [-0.2, -0.15) is 5.26 Å². The first-order valence-corrected chi connectivity index (χ1v) is 4.33. The zero-order valence-electron chi connectivity index (χ0n) is 7.49. The number of nitriles is 1. The SMILES string of the molecule is CC(C#N)NC(=O)c1cc(Cl)ccn1. The number of nitrogens with zero attached hydrogens (tertiary/aromatic N) is 2. The Hall–Kier alpha value is -1.60. The molecule has 1 amide bonds. The zero-order chi connectivity index (χ0) is 10.6. The molecule has 0 aliphatic heterocycles. The van der Waals surface area contributed by atoms with Gasteiger partial charge in [-0.1, -0.05) is 11.6 Å². The summed E-state index contributed by atoms with van der Waals surface area (Å²) in [5, 5.41) is 11.4. The Morgan fingerprint density at radius 1 is 1.79 bits per heavy atom. The second kappa shape index (κ2) is 4.58. The molecule has 1 N–H and O–H groups in total. The Balaban J connectivity index is 2.76. The van der Waals surface area contributed by atoms with Crippen molar-refractivity contribution in [3.8, 4) is 6.07 Å². The lowest BCUT2D eigenvalue weighted by molar-refractivity contribution is 0.0943. The van der Waals surface area contributed by atoms with Gasteiger partial charge in [0.2, 0.25) is 0 Å². The van der Waals surface area contributed by atoms with E-state index < -0.39 is 11.9 Å². The van der Waals surface area contributed by atoms with E-state index in [1.54, 1.807) is 13.0 Å². The Kier molecular flexibility index (Phi) is 3.43. The molecule has 0 aliphatic rings. The molecule has 1 atom stereocenters. The summed E-state index contributed by atoms with van der Waals surface area (Å²) in [6.45, 7) is 1.59. The second-order valence-corrected chi connectivity index (χ2v) is 3.12. The molecule has 72 valence electrons. The lowest BCUT2D eigenvalue weighted by Crippen LogP contribution is -2.31. The van der Waals surface area contributed by atoms with Crippen LogP contribution in [0.5, 0.6) is 0 Å². The minimum Gasteiger partial charge on any atom is -0.335 e. The summed E-state index contributed by atoms with van der Waals surface area (Å²) in [6.07, 6.45) is 1.44. The highest BCUT2D eigenvalue weighted by Gasteiger charge is 2.09. The smallest absolute Gasteiger partial charge is 0.270 e. The lowest BCUT2D eigenvalue weighted by Gasteiger charge is -2.05. The van der Waals surface area contributed by atoms with Crippen LogP contribution in [0.3, 0.4) is 0 Å². The van der Waals surface area contributed by atoms with Crippen LogP contribution in [0.4, 0.5) is 0 Å². The summed E-state index contributed by atoms with van der Waals surface area (Å²) < 4.78 is 0. The number of carbonyl (C=O) groups excluding carboxylic acids is 1. The third kappa shape index (κ3) is 2.71. The number of halogens is 1. The molecule has 5 heteroatoms. The van der Waals surface area contributed by atoms with Crippen molar-refractivity contribution in [1.82, 2.24) is 10.3 Å². The van der Waals surface area contributed by atoms with Crippen molar-refractivity contribution in [2.75, 3.05) is 0 Å². The second-order valence-electron chi connectivity index (χ2n) is 2.68. The van der Waals surface area contributed by atoms with Crippen molar-refractivity contribution >= 4 is 17.5 Å². The first kappa shape index (κ1) is 10.5. The van der Waals surface area contributed by atoms with Crippen molar-refractivity contribution in [3.63, 3.8) is 0 Å². The Bertz CT molecular complexity index is 386. The van der Waals surface area contributed by atoms with E-state index in [4.69, 9.17) is 16.9 Å². The molecular formula is C9H8ClN3O. The number of hydrogen-bond acceptors (Lipinski definition) is 3. The molecule has 1 unspecified atom stereocenters. The largest absolute Gasteiger partial charge is 0.335 e. The maximum atomic E-state index is 11.4. The lowest BCUT2D eigenvalue weighted by atomic mass is 10.3. The molecule has 0 saturated carbocycles. The molecule has 0 saturated heterocycles. The maximum Gasteiger partial charge on any atom is 0.270 e. The predicted octanol–water partition coefficient (Wildman–Crippen LogP) is 1.38. The van der Waals surface area contributed by atoms with Gasteiger partial charge >= 0.3 is 0 Å². The fraction of sp³-hybridized carbons (Fsp3) is 0.222. The van der Waals surface area contributed by atoms with Gasteiger partial charge in [-0.25, -0.2) is 0 Å². The van der Waals surface area contributed by atoms with Crippen molar-refractivity contribution < 1.29 is 4.79 Å². The summed E-state index contributed by atoms with van der Waals surface area (Å²) in [5.74, 6) is -0.401. The van der Waals surface area contributed by atoms with Crippen LogP contribution in [0, 0.1) is 11.3 Å². The number of nitrogens with one attached hydrogen (secondary N) is 1. The van der Waals surface area contributed by atoms with Gasteiger partial charge in [0, 0.05) is 11.2 Å². The predicted molar refractivity (Wildman–Crippen MR) is 51.8 cm³/mol. The zero-order valence-corrected chi connectivity index (χ0v) is 8.25. The topological polar surface area (TPSA) is 65.8 Å². The minimum absolute atomic E-state index is 0.208.